The Kier molecular flexibility index (Phi) is 5.16. The molecule has 1 atom stereocenters. The zero-order chi connectivity index (χ0) is 21.6. The normalized spacial score (nSPS) is 12.8. The molecule has 0 bridgehead atoms. The highest BCUT2D eigenvalue weighted by atomic mass is 35.5. The fourth-order valence-electron chi connectivity index (χ4n) is 3.40. The molecule has 0 saturated heterocycles. The Balaban J connectivity index is 2.03. The van der Waals surface area contributed by atoms with E-state index in [9.17, 15) is 8.78 Å². The predicted octanol–water partition coefficient (Wildman–Crippen LogP) is 3.90. The Morgan fingerprint density at radius 3 is 2.63 bits per heavy atom. The van der Waals surface area contributed by atoms with Gasteiger partial charge < -0.3 is 18.6 Å². The van der Waals surface area contributed by atoms with Gasteiger partial charge in [0.2, 0.25) is 0 Å². The fraction of sp³-hybridized carbons (Fsp3) is 0.278. The number of H-pyrrole nitrogens is 1. The van der Waals surface area contributed by atoms with E-state index in [1.165, 1.54) is 18.0 Å². The molecule has 0 unspecified atom stereocenters. The molecule has 0 fully saturated rings. The summed E-state index contributed by atoms with van der Waals surface area (Å²) in [4.78, 5) is 8.22. The van der Waals surface area contributed by atoms with E-state index in [-0.39, 0.29) is 27.9 Å². The van der Waals surface area contributed by atoms with Gasteiger partial charge >= 0.3 is 0 Å². The van der Waals surface area contributed by atoms with E-state index in [2.05, 4.69) is 20.2 Å². The van der Waals surface area contributed by atoms with Crippen LogP contribution in [-0.2, 0) is 11.8 Å². The van der Waals surface area contributed by atoms with Gasteiger partial charge in [-0.25, -0.2) is 23.1 Å². The van der Waals surface area contributed by atoms with Gasteiger partial charge in [-0.15, -0.1) is 0 Å². The molecule has 0 radical (unpaired) electrons. The summed E-state index contributed by atoms with van der Waals surface area (Å²) in [6, 6.07) is 1.59. The molecule has 12 heteroatoms. The first-order chi connectivity index (χ1) is 14.4. The van der Waals surface area contributed by atoms with Gasteiger partial charge in [-0.05, 0) is 6.07 Å². The van der Waals surface area contributed by atoms with Crippen LogP contribution >= 0.6 is 11.6 Å². The molecule has 3 heterocycles. The number of halogens is 4. The maximum absolute atomic E-state index is 15.1. The van der Waals surface area contributed by atoms with Crippen molar-refractivity contribution in [3.8, 4) is 23.0 Å². The number of hydrogen-bond donors (Lipinski definition) is 1. The van der Waals surface area contributed by atoms with Crippen molar-refractivity contribution in [2.75, 3.05) is 14.2 Å². The number of imidazole rings is 1. The number of rotatable bonds is 6. The fourth-order valence-corrected chi connectivity index (χ4v) is 3.62. The van der Waals surface area contributed by atoms with Gasteiger partial charge in [0, 0.05) is 31.9 Å². The molecule has 0 amide bonds. The third kappa shape index (κ3) is 3.01. The topological polar surface area (TPSA) is 82.8 Å². The molecule has 8 nitrogen and oxygen atoms in total. The Hall–Kier alpha value is -3.05. The van der Waals surface area contributed by atoms with Crippen LogP contribution in [0.3, 0.4) is 0 Å². The molecule has 0 saturated carbocycles. The zero-order valence-corrected chi connectivity index (χ0v) is 16.8. The lowest BCUT2D eigenvalue weighted by atomic mass is 10.2. The maximum atomic E-state index is 15.1. The largest absolute Gasteiger partial charge is 0.495 e. The summed E-state index contributed by atoms with van der Waals surface area (Å²) < 4.78 is 54.7. The minimum absolute atomic E-state index is 0.0737. The number of ether oxygens (including phenoxy) is 2. The average Bonchev–Trinajstić information content (AvgIpc) is 3.44. The van der Waals surface area contributed by atoms with E-state index in [0.717, 1.165) is 7.11 Å². The highest BCUT2D eigenvalue weighted by Gasteiger charge is 2.29. The number of aromatic amines is 1. The number of fused-ring (bicyclic) bond motifs is 1. The summed E-state index contributed by atoms with van der Waals surface area (Å²) >= 11 is 6.11. The Labute approximate surface area is 173 Å². The van der Waals surface area contributed by atoms with Crippen molar-refractivity contribution in [1.82, 2.24) is 29.3 Å². The van der Waals surface area contributed by atoms with Crippen LogP contribution < -0.4 is 4.74 Å². The van der Waals surface area contributed by atoms with Crippen molar-refractivity contribution in [2.45, 2.75) is 12.5 Å². The number of methoxy groups -OCH3 is 2. The van der Waals surface area contributed by atoms with E-state index < -0.39 is 18.3 Å². The number of benzene rings is 1. The second kappa shape index (κ2) is 7.65. The Bertz CT molecular complexity index is 1200. The number of hydrogen-bond acceptors (Lipinski definition) is 5. The van der Waals surface area contributed by atoms with Crippen LogP contribution in [0.2, 0.25) is 5.02 Å². The molecule has 1 aromatic carbocycles. The minimum Gasteiger partial charge on any atom is -0.495 e. The lowest BCUT2D eigenvalue weighted by molar-refractivity contribution is -0.0388. The van der Waals surface area contributed by atoms with Crippen LogP contribution in [0.4, 0.5) is 13.2 Å². The van der Waals surface area contributed by atoms with E-state index in [1.807, 2.05) is 0 Å². The SMILES string of the molecule is COc1cc2c(-n3ccnc3)c(-c3n[nH]c([C@H](OC)C(F)F)n3)n(C)c2c(F)c1Cl. The summed E-state index contributed by atoms with van der Waals surface area (Å²) in [5.74, 6) is -0.628. The van der Waals surface area contributed by atoms with Crippen LogP contribution in [-0.4, -0.2) is 49.9 Å². The number of aromatic nitrogens is 6. The second-order valence-corrected chi connectivity index (χ2v) is 6.74. The van der Waals surface area contributed by atoms with Crippen molar-refractivity contribution in [2.24, 2.45) is 7.05 Å². The molecule has 4 rings (SSSR count). The third-order valence-electron chi connectivity index (χ3n) is 4.75. The molecular weight excluding hydrogens is 425 g/mol. The predicted molar refractivity (Wildman–Crippen MR) is 103 cm³/mol. The summed E-state index contributed by atoms with van der Waals surface area (Å²) in [6.07, 6.45) is 0.331. The molecule has 0 spiro atoms. The molecule has 4 aromatic rings. The van der Waals surface area contributed by atoms with Gasteiger partial charge in [-0.3, -0.25) is 5.10 Å². The number of aryl methyl sites for hydroxylation is 1. The highest BCUT2D eigenvalue weighted by molar-refractivity contribution is 6.33. The van der Waals surface area contributed by atoms with Crippen molar-refractivity contribution in [1.29, 1.82) is 0 Å². The molecule has 30 heavy (non-hydrogen) atoms. The van der Waals surface area contributed by atoms with E-state index in [4.69, 9.17) is 21.1 Å². The average molecular weight is 441 g/mol. The first-order valence-corrected chi connectivity index (χ1v) is 9.03. The monoisotopic (exact) mass is 440 g/mol. The molecular formula is C18H16ClF3N6O2. The zero-order valence-electron chi connectivity index (χ0n) is 16.0. The van der Waals surface area contributed by atoms with Crippen LogP contribution in [0.25, 0.3) is 28.1 Å². The van der Waals surface area contributed by atoms with Crippen molar-refractivity contribution < 1.29 is 22.6 Å². The van der Waals surface area contributed by atoms with Gasteiger partial charge in [0.25, 0.3) is 6.43 Å². The van der Waals surface area contributed by atoms with Gasteiger partial charge in [-0.2, -0.15) is 5.10 Å². The lowest BCUT2D eigenvalue weighted by Crippen LogP contribution is -2.13. The highest BCUT2D eigenvalue weighted by Crippen LogP contribution is 2.41. The molecule has 1 N–H and O–H groups in total. The van der Waals surface area contributed by atoms with Crippen LogP contribution in [0.5, 0.6) is 5.75 Å². The maximum Gasteiger partial charge on any atom is 0.271 e. The summed E-state index contributed by atoms with van der Waals surface area (Å²) in [5, 5.41) is 6.82. The van der Waals surface area contributed by atoms with Gasteiger partial charge in [-0.1, -0.05) is 11.6 Å². The van der Waals surface area contributed by atoms with Gasteiger partial charge in [0.15, 0.2) is 23.6 Å². The van der Waals surface area contributed by atoms with Crippen LogP contribution in [0.15, 0.2) is 24.8 Å². The number of alkyl halides is 2. The van der Waals surface area contributed by atoms with Crippen molar-refractivity contribution >= 4 is 22.5 Å². The number of nitrogens with zero attached hydrogens (tertiary/aromatic N) is 5. The lowest BCUT2D eigenvalue weighted by Gasteiger charge is -2.10. The van der Waals surface area contributed by atoms with E-state index in [0.29, 0.717) is 16.8 Å². The smallest absolute Gasteiger partial charge is 0.271 e. The molecule has 3 aromatic heterocycles. The summed E-state index contributed by atoms with van der Waals surface area (Å²) in [7, 11) is 4.13. The minimum atomic E-state index is -2.81. The third-order valence-corrected chi connectivity index (χ3v) is 5.10. The van der Waals surface area contributed by atoms with E-state index >= 15 is 4.39 Å². The first-order valence-electron chi connectivity index (χ1n) is 8.65. The quantitative estimate of drug-likeness (QED) is 0.491. The first kappa shape index (κ1) is 20.2. The Morgan fingerprint density at radius 1 is 1.27 bits per heavy atom. The molecule has 158 valence electrons. The van der Waals surface area contributed by atoms with Gasteiger partial charge in [0.05, 0.1) is 24.6 Å². The van der Waals surface area contributed by atoms with E-state index in [1.54, 1.807) is 30.1 Å². The summed E-state index contributed by atoms with van der Waals surface area (Å²) in [5.41, 5.74) is 1.01. The molecule has 0 aliphatic rings. The van der Waals surface area contributed by atoms with Gasteiger partial charge in [0.1, 0.15) is 16.5 Å². The van der Waals surface area contributed by atoms with Crippen molar-refractivity contribution in [3.05, 3.63) is 41.5 Å². The van der Waals surface area contributed by atoms with Crippen LogP contribution in [0, 0.1) is 5.82 Å². The number of nitrogens with one attached hydrogen (secondary N) is 1. The standard InChI is InChI=1S/C18H16ClF3N6O2/c1-27-12-8(6-9(29-2)10(19)11(12)20)13(28-5-4-23-7-28)14(27)17-24-18(26-25-17)15(30-3)16(21)22/h4-7,15-16H,1-3H3,(H,24,25,26)/t15-/m1/s1. The molecule has 0 aliphatic heterocycles. The second-order valence-electron chi connectivity index (χ2n) is 6.36. The van der Waals surface area contributed by atoms with Crippen LogP contribution in [0.1, 0.15) is 11.9 Å². The van der Waals surface area contributed by atoms with Crippen molar-refractivity contribution in [3.63, 3.8) is 0 Å². The molecule has 0 aliphatic carbocycles. The summed E-state index contributed by atoms with van der Waals surface area (Å²) in [6.45, 7) is 0. The Morgan fingerprint density at radius 2 is 2.03 bits per heavy atom.